The van der Waals surface area contributed by atoms with Gasteiger partial charge < -0.3 is 0 Å². The zero-order valence-corrected chi connectivity index (χ0v) is 5.15. The molecule has 0 aromatic carbocycles. The van der Waals surface area contributed by atoms with Gasteiger partial charge in [-0.1, -0.05) is 0 Å². The Labute approximate surface area is 33.0 Å². The Morgan fingerprint density at radius 3 is 1.50 bits per heavy atom. The second-order valence-corrected chi connectivity index (χ2v) is 4.97. The van der Waals surface area contributed by atoms with Crippen molar-refractivity contribution in [3.63, 3.8) is 0 Å². The minimum absolute atomic E-state index is 1.61. The molecule has 0 aliphatic rings. The molecular weight excluding hydrogens is 168 g/mol. The van der Waals surface area contributed by atoms with Crippen LogP contribution < -0.4 is 0 Å². The topological polar surface area (TPSA) is 17.1 Å². The van der Waals surface area contributed by atoms with Gasteiger partial charge in [0.1, 0.15) is 0 Å². The van der Waals surface area contributed by atoms with E-state index in [2.05, 4.69) is 0 Å². The van der Waals surface area contributed by atoms with E-state index < -0.39 is 19.5 Å². The molecule has 0 aromatic heterocycles. The van der Waals surface area contributed by atoms with E-state index in [-0.39, 0.29) is 0 Å². The maximum atomic E-state index is 9.70. The summed E-state index contributed by atoms with van der Waals surface area (Å²) in [6, 6.07) is 0. The molecule has 0 rings (SSSR count). The number of rotatable bonds is 0. The third-order valence-corrected chi connectivity index (χ3v) is 0. The van der Waals surface area contributed by atoms with Crippen LogP contribution in [0.15, 0.2) is 0 Å². The van der Waals surface area contributed by atoms with Crippen LogP contribution in [-0.2, 0) is 3.10 Å². The summed E-state index contributed by atoms with van der Waals surface area (Å²) in [5.74, 6) is 0. The van der Waals surface area contributed by atoms with Gasteiger partial charge in [-0.3, -0.25) is 0 Å². The van der Waals surface area contributed by atoms with Crippen molar-refractivity contribution in [3.8, 4) is 0 Å². The van der Waals surface area contributed by atoms with Crippen LogP contribution in [0.2, 0.25) is 9.94 Å². The van der Waals surface area contributed by atoms with Crippen LogP contribution in [0.25, 0.3) is 0 Å². The summed E-state index contributed by atoms with van der Waals surface area (Å²) >= 11 is -1.61. The molecule has 0 atom stereocenters. The van der Waals surface area contributed by atoms with Gasteiger partial charge in [0.25, 0.3) is 0 Å². The normalized spacial score (nSPS) is 8.75. The summed E-state index contributed by atoms with van der Waals surface area (Å²) < 4.78 is 9.70. The van der Waals surface area contributed by atoms with Crippen molar-refractivity contribution in [2.24, 2.45) is 0 Å². The molecule has 0 amide bonds. The van der Waals surface area contributed by atoms with Crippen LogP contribution in [-0.4, -0.2) is 19.5 Å². The van der Waals surface area contributed by atoms with E-state index in [1.807, 2.05) is 0 Å². The molecule has 0 spiro atoms. The van der Waals surface area contributed by atoms with E-state index in [1.54, 1.807) is 9.94 Å². The molecule has 0 aliphatic carbocycles. The van der Waals surface area contributed by atoms with Crippen molar-refractivity contribution >= 4 is 19.5 Å². The van der Waals surface area contributed by atoms with Crippen LogP contribution >= 0.6 is 0 Å². The average molecular weight is 174 g/mol. The molecule has 0 saturated heterocycles. The first-order valence-electron chi connectivity index (χ1n) is 0.983. The van der Waals surface area contributed by atoms with E-state index in [0.29, 0.717) is 0 Å². The summed E-state index contributed by atoms with van der Waals surface area (Å²) in [6.07, 6.45) is 0. The first kappa shape index (κ1) is 4.59. The third-order valence-electron chi connectivity index (χ3n) is 0. The van der Waals surface area contributed by atoms with Gasteiger partial charge in [0, 0.05) is 0 Å². The van der Waals surface area contributed by atoms with E-state index >= 15 is 0 Å². The molecular formula is C2H6OTe. The van der Waals surface area contributed by atoms with Gasteiger partial charge in [-0.05, 0) is 0 Å². The fraction of sp³-hybridized carbons (Fsp3) is 1.00. The Morgan fingerprint density at radius 1 is 1.50 bits per heavy atom. The van der Waals surface area contributed by atoms with Crippen LogP contribution in [0.3, 0.4) is 0 Å². The SMILES string of the molecule is C[Te](C)=O. The van der Waals surface area contributed by atoms with Crippen molar-refractivity contribution in [3.05, 3.63) is 0 Å². The van der Waals surface area contributed by atoms with E-state index in [0.717, 1.165) is 0 Å². The first-order chi connectivity index (χ1) is 1.73. The Bertz CT molecular complexity index is 29.0. The maximum absolute atomic E-state index is 9.70. The summed E-state index contributed by atoms with van der Waals surface area (Å²) in [7, 11) is 0. The Hall–Kier alpha value is 0.590. The zero-order chi connectivity index (χ0) is 3.58. The molecule has 4 heavy (non-hydrogen) atoms. The van der Waals surface area contributed by atoms with Crippen LogP contribution in [0.4, 0.5) is 0 Å². The number of hydrogen-bond donors (Lipinski definition) is 0. The summed E-state index contributed by atoms with van der Waals surface area (Å²) in [6.45, 7) is 0. The predicted molar refractivity (Wildman–Crippen MR) is 18.2 cm³/mol. The summed E-state index contributed by atoms with van der Waals surface area (Å²) in [5, 5.41) is 0. The molecule has 0 aliphatic heterocycles. The van der Waals surface area contributed by atoms with Crippen molar-refractivity contribution < 1.29 is 3.10 Å². The average Bonchev–Trinajstić information content (AvgIpc) is 0.811. The molecule has 0 heterocycles. The summed E-state index contributed by atoms with van der Waals surface area (Å²) in [5.41, 5.74) is 0. The monoisotopic (exact) mass is 176 g/mol. The van der Waals surface area contributed by atoms with Crippen molar-refractivity contribution in [1.29, 1.82) is 0 Å². The molecule has 0 fully saturated rings. The zero-order valence-electron chi connectivity index (χ0n) is 2.82. The fourth-order valence-electron chi connectivity index (χ4n) is 0. The fourth-order valence-corrected chi connectivity index (χ4v) is 0. The molecule has 0 aromatic rings. The van der Waals surface area contributed by atoms with Gasteiger partial charge in [-0.15, -0.1) is 0 Å². The van der Waals surface area contributed by atoms with Crippen LogP contribution in [0.5, 0.6) is 0 Å². The van der Waals surface area contributed by atoms with Crippen molar-refractivity contribution in [2.75, 3.05) is 0 Å². The van der Waals surface area contributed by atoms with Crippen molar-refractivity contribution in [2.45, 2.75) is 9.94 Å². The van der Waals surface area contributed by atoms with Gasteiger partial charge in [-0.2, -0.15) is 0 Å². The van der Waals surface area contributed by atoms with Crippen molar-refractivity contribution in [1.82, 2.24) is 0 Å². The molecule has 0 bridgehead atoms. The molecule has 0 radical (unpaired) electrons. The summed E-state index contributed by atoms with van der Waals surface area (Å²) in [4.78, 5) is 3.56. The van der Waals surface area contributed by atoms with E-state index in [9.17, 15) is 3.10 Å². The first-order valence-corrected chi connectivity index (χ1v) is 6.60. The van der Waals surface area contributed by atoms with Gasteiger partial charge in [-0.25, -0.2) is 0 Å². The Balaban J connectivity index is 2.80. The Morgan fingerprint density at radius 2 is 1.50 bits per heavy atom. The standard InChI is InChI=1S/C2H6OTe/c1-4(2)3/h1-2H3. The second kappa shape index (κ2) is 1.87. The van der Waals surface area contributed by atoms with E-state index in [4.69, 9.17) is 0 Å². The molecule has 2 heteroatoms. The van der Waals surface area contributed by atoms with Crippen LogP contribution in [0, 0.1) is 0 Å². The third kappa shape index (κ3) is 18.8. The van der Waals surface area contributed by atoms with Gasteiger partial charge >= 0.3 is 32.6 Å². The van der Waals surface area contributed by atoms with Crippen LogP contribution in [0.1, 0.15) is 0 Å². The van der Waals surface area contributed by atoms with E-state index in [1.165, 1.54) is 0 Å². The molecule has 0 saturated carbocycles. The van der Waals surface area contributed by atoms with Gasteiger partial charge in [0.05, 0.1) is 0 Å². The molecule has 1 nitrogen and oxygen atoms in total. The molecule has 26 valence electrons. The molecule has 0 N–H and O–H groups in total. The minimum atomic E-state index is -1.61. The quantitative estimate of drug-likeness (QED) is 0.493. The van der Waals surface area contributed by atoms with Gasteiger partial charge in [0.15, 0.2) is 0 Å². The molecule has 0 unspecified atom stereocenters. The Kier molecular flexibility index (Phi) is 2.14. The number of hydrogen-bond acceptors (Lipinski definition) is 1. The van der Waals surface area contributed by atoms with Gasteiger partial charge in [0.2, 0.25) is 0 Å². The predicted octanol–water partition coefficient (Wildman–Crippen LogP) is 0.668. The second-order valence-electron chi connectivity index (χ2n) is 0.742.